The van der Waals surface area contributed by atoms with Crippen molar-refractivity contribution in [1.82, 2.24) is 0 Å². The van der Waals surface area contributed by atoms with Crippen molar-refractivity contribution in [1.29, 1.82) is 0 Å². The van der Waals surface area contributed by atoms with Gasteiger partial charge < -0.3 is 11.3 Å². The molecule has 2 aromatic rings. The molecule has 8 heteroatoms. The van der Waals surface area contributed by atoms with Gasteiger partial charge in [0.2, 0.25) is 0 Å². The fraction of sp³-hybridized carbons (Fsp3) is 0.0625. The first-order chi connectivity index (χ1) is 10.8. The average molecular weight is 374 g/mol. The predicted octanol–water partition coefficient (Wildman–Crippen LogP) is -0.288. The number of methoxy groups -OCH3 is 1. The van der Waals surface area contributed by atoms with Gasteiger partial charge >= 0.3 is 57.4 Å². The zero-order valence-electron chi connectivity index (χ0n) is 14.1. The molecule has 0 amide bonds. The van der Waals surface area contributed by atoms with Crippen LogP contribution in [0.4, 0.5) is 0 Å². The van der Waals surface area contributed by atoms with Crippen LogP contribution in [-0.4, -0.2) is 31.2 Å². The van der Waals surface area contributed by atoms with Gasteiger partial charge in [0, 0.05) is 0 Å². The van der Waals surface area contributed by atoms with Gasteiger partial charge in [0.15, 0.2) is 0 Å². The summed E-state index contributed by atoms with van der Waals surface area (Å²) in [7, 11) is -2.99. The normalized spacial score (nSPS) is 11.1. The number of rotatable bonds is 4. The smallest absolute Gasteiger partial charge is 1.00 e. The Balaban J connectivity index is 0.00000288. The first-order valence-corrected chi connectivity index (χ1v) is 7.92. The third kappa shape index (κ3) is 5.52. The molecule has 2 N–H and O–H groups in total. The molecule has 0 heterocycles. The molecule has 0 radical (unpaired) electrons. The van der Waals surface area contributed by atoms with Crippen LogP contribution in [0, 0.1) is 0 Å². The van der Waals surface area contributed by atoms with E-state index < -0.39 is 16.1 Å². The number of phenolic OH excluding ortho intramolecular Hbond substituents is 1. The van der Waals surface area contributed by atoms with Gasteiger partial charge in [-0.2, -0.15) is 8.42 Å². The predicted molar refractivity (Wildman–Crippen MR) is 85.7 cm³/mol. The van der Waals surface area contributed by atoms with Crippen molar-refractivity contribution >= 4 is 28.2 Å². The third-order valence-corrected chi connectivity index (χ3v) is 3.94. The maximum absolute atomic E-state index is 11.5. The number of carbonyl (C=O) groups is 1. The fourth-order valence-corrected chi connectivity index (χ4v) is 2.35. The van der Waals surface area contributed by atoms with E-state index in [0.717, 1.165) is 0 Å². The molecule has 0 fully saturated rings. The molecule has 0 aliphatic heterocycles. The molecule has 122 valence electrons. The quantitative estimate of drug-likeness (QED) is 0.330. The Labute approximate surface area is 183 Å². The summed E-state index contributed by atoms with van der Waals surface area (Å²) in [5.74, 6) is -0.818. The summed E-state index contributed by atoms with van der Waals surface area (Å²) in [6.07, 6.45) is 3.38. The van der Waals surface area contributed by atoms with Crippen LogP contribution in [0.25, 0.3) is 12.2 Å². The zero-order chi connectivity index (χ0) is 17.0. The molecule has 0 atom stereocenters. The summed E-state index contributed by atoms with van der Waals surface area (Å²) in [4.78, 5) is 11.3. The number of esters is 1. The number of ether oxygens (including phenoxy) is 1. The summed E-state index contributed by atoms with van der Waals surface area (Å²) >= 11 is 0. The Hall–Kier alpha value is -1.00. The zero-order valence-corrected chi connectivity index (χ0v) is 17.1. The summed E-state index contributed by atoms with van der Waals surface area (Å²) in [5, 5.41) is 9.62. The first kappa shape index (κ1) is 21.0. The number of aromatic hydroxyl groups is 1. The second-order valence-electron chi connectivity index (χ2n) is 4.65. The largest absolute Gasteiger partial charge is 1.00 e. The van der Waals surface area contributed by atoms with Gasteiger partial charge in [0.1, 0.15) is 11.3 Å². The van der Waals surface area contributed by atoms with E-state index in [-0.39, 0.29) is 69.0 Å². The Bertz CT molecular complexity index is 863. The van der Waals surface area contributed by atoms with Crippen LogP contribution in [0.3, 0.4) is 0 Å². The van der Waals surface area contributed by atoms with Crippen LogP contribution in [0.15, 0.2) is 47.4 Å². The second kappa shape index (κ2) is 8.91. The van der Waals surface area contributed by atoms with E-state index in [9.17, 15) is 18.3 Å². The number of benzene rings is 2. The molecule has 2 rings (SSSR count). The van der Waals surface area contributed by atoms with Gasteiger partial charge in [0.05, 0.1) is 12.0 Å². The second-order valence-corrected chi connectivity index (χ2v) is 6.07. The minimum atomic E-state index is -4.21. The van der Waals surface area contributed by atoms with Crippen molar-refractivity contribution in [2.45, 2.75) is 4.90 Å². The number of hydrogen-bond acceptors (Lipinski definition) is 5. The summed E-state index contributed by atoms with van der Waals surface area (Å²) in [6.45, 7) is 0. The van der Waals surface area contributed by atoms with Gasteiger partial charge in [0.25, 0.3) is 10.1 Å². The van der Waals surface area contributed by atoms with Crippen molar-refractivity contribution in [2.75, 3.05) is 7.11 Å². The van der Waals surface area contributed by atoms with Crippen LogP contribution < -0.4 is 51.4 Å². The molecule has 0 aliphatic carbocycles. The number of phenols is 1. The molecule has 0 saturated heterocycles. The van der Waals surface area contributed by atoms with E-state index in [1.54, 1.807) is 18.2 Å². The molecule has 6 nitrogen and oxygen atoms in total. The molecular weight excluding hydrogens is 359 g/mol. The molecule has 0 aromatic heterocycles. The van der Waals surface area contributed by atoms with Crippen LogP contribution in [0.2, 0.25) is 0 Å². The third-order valence-electron chi connectivity index (χ3n) is 3.07. The first-order valence-electron chi connectivity index (χ1n) is 6.48. The Morgan fingerprint density at radius 3 is 2.17 bits per heavy atom. The van der Waals surface area contributed by atoms with Gasteiger partial charge in [-0.15, -0.1) is 0 Å². The van der Waals surface area contributed by atoms with Gasteiger partial charge in [-0.3, -0.25) is 4.55 Å². The molecule has 0 aliphatic rings. The van der Waals surface area contributed by atoms with Gasteiger partial charge in [-0.25, -0.2) is 4.79 Å². The standard InChI is InChI=1S/C16H14O6S.K.H/c1-22-16(18)14-10-12(6-9-15(14)17)3-2-11-4-7-13(8-5-11)23(19,20)21;;/h2-10,17H,1H3,(H,19,20,21);;/q;+1;-1/b3-2+;;. The molecule has 0 bridgehead atoms. The SMILES string of the molecule is COC(=O)c1cc(/C=C/c2ccc(S(=O)(=O)O)cc2)ccc1O.[H-].[K+]. The van der Waals surface area contributed by atoms with E-state index in [4.69, 9.17) is 4.55 Å². The van der Waals surface area contributed by atoms with E-state index in [1.807, 2.05) is 0 Å². The Kier molecular flexibility index (Phi) is 7.81. The van der Waals surface area contributed by atoms with Crippen LogP contribution in [0.5, 0.6) is 5.75 Å². The molecule has 0 saturated carbocycles. The number of hydrogen-bond donors (Lipinski definition) is 2. The van der Waals surface area contributed by atoms with E-state index in [1.165, 1.54) is 43.5 Å². The van der Waals surface area contributed by atoms with Crippen molar-refractivity contribution in [3.8, 4) is 5.75 Å². The minimum absolute atomic E-state index is 0. The monoisotopic (exact) mass is 374 g/mol. The average Bonchev–Trinajstić information content (AvgIpc) is 2.53. The fourth-order valence-electron chi connectivity index (χ4n) is 1.87. The summed E-state index contributed by atoms with van der Waals surface area (Å²) in [5.41, 5.74) is 1.41. The summed E-state index contributed by atoms with van der Waals surface area (Å²) < 4.78 is 35.4. The van der Waals surface area contributed by atoms with Crippen molar-refractivity contribution in [3.63, 3.8) is 0 Å². The topological polar surface area (TPSA) is 101 Å². The maximum Gasteiger partial charge on any atom is 1.00 e. The number of carbonyl (C=O) groups excluding carboxylic acids is 1. The minimum Gasteiger partial charge on any atom is -1.00 e. The van der Waals surface area contributed by atoms with E-state index >= 15 is 0 Å². The van der Waals surface area contributed by atoms with Crippen molar-refractivity contribution < 1.29 is 80.4 Å². The van der Waals surface area contributed by atoms with E-state index in [2.05, 4.69) is 4.74 Å². The van der Waals surface area contributed by atoms with Gasteiger partial charge in [-0.05, 0) is 35.4 Å². The van der Waals surface area contributed by atoms with E-state index in [0.29, 0.717) is 11.1 Å². The van der Waals surface area contributed by atoms with Crippen molar-refractivity contribution in [3.05, 3.63) is 59.2 Å². The Morgan fingerprint density at radius 2 is 1.62 bits per heavy atom. The van der Waals surface area contributed by atoms with Crippen LogP contribution >= 0.6 is 0 Å². The Morgan fingerprint density at radius 1 is 1.08 bits per heavy atom. The molecule has 0 unspecified atom stereocenters. The molecular formula is C16H15KO6S. The van der Waals surface area contributed by atoms with Crippen LogP contribution in [-0.2, 0) is 14.9 Å². The molecule has 24 heavy (non-hydrogen) atoms. The summed E-state index contributed by atoms with van der Waals surface area (Å²) in [6, 6.07) is 10.1. The molecule has 2 aromatic carbocycles. The van der Waals surface area contributed by atoms with Crippen LogP contribution in [0.1, 0.15) is 22.9 Å². The maximum atomic E-state index is 11.5. The molecule has 0 spiro atoms. The van der Waals surface area contributed by atoms with Gasteiger partial charge in [-0.1, -0.05) is 30.4 Å². The van der Waals surface area contributed by atoms with Crippen molar-refractivity contribution in [2.24, 2.45) is 0 Å².